The third kappa shape index (κ3) is 3.69. The highest BCUT2D eigenvalue weighted by Gasteiger charge is 2.37. The Morgan fingerprint density at radius 3 is 2.67 bits per heavy atom. The van der Waals surface area contributed by atoms with E-state index in [1.165, 1.54) is 64.8 Å². The first kappa shape index (κ1) is 14.3. The van der Waals surface area contributed by atoms with Gasteiger partial charge in [0.05, 0.1) is 0 Å². The molecule has 0 aromatic rings. The summed E-state index contributed by atoms with van der Waals surface area (Å²) < 4.78 is 0. The molecule has 0 radical (unpaired) electrons. The maximum absolute atomic E-state index is 3.39. The largest absolute Gasteiger partial charge is 0.319 e. The molecule has 2 fully saturated rings. The Labute approximate surface area is 113 Å². The number of nitrogens with one attached hydrogen (secondary N) is 1. The van der Waals surface area contributed by atoms with Crippen molar-refractivity contribution in [3.63, 3.8) is 0 Å². The molecule has 1 atom stereocenters. The highest BCUT2D eigenvalue weighted by Crippen LogP contribution is 2.40. The summed E-state index contributed by atoms with van der Waals surface area (Å²) in [5, 5.41) is 3.39. The van der Waals surface area contributed by atoms with E-state index in [2.05, 4.69) is 36.3 Å². The van der Waals surface area contributed by atoms with Gasteiger partial charge in [0.25, 0.3) is 0 Å². The highest BCUT2D eigenvalue weighted by molar-refractivity contribution is 4.91. The molecule has 1 aliphatic carbocycles. The maximum atomic E-state index is 3.39. The Hall–Kier alpha value is -0.120. The fourth-order valence-electron chi connectivity index (χ4n) is 3.94. The second kappa shape index (κ2) is 6.36. The summed E-state index contributed by atoms with van der Waals surface area (Å²) in [5.74, 6) is 0.889. The minimum absolute atomic E-state index is 0.587. The van der Waals surface area contributed by atoms with Crippen molar-refractivity contribution in [2.24, 2.45) is 11.3 Å². The predicted octanol–water partition coefficient (Wildman–Crippen LogP) is 1.65. The second-order valence-corrected chi connectivity index (χ2v) is 6.85. The number of rotatable bonds is 6. The van der Waals surface area contributed by atoms with Crippen LogP contribution in [0.15, 0.2) is 0 Å². The van der Waals surface area contributed by atoms with Crippen LogP contribution < -0.4 is 5.32 Å². The van der Waals surface area contributed by atoms with E-state index in [1.54, 1.807) is 0 Å². The number of nitrogens with zero attached hydrogens (tertiary/aromatic N) is 2. The fraction of sp³-hybridized carbons (Fsp3) is 1.00. The van der Waals surface area contributed by atoms with E-state index >= 15 is 0 Å². The first-order chi connectivity index (χ1) is 8.63. The zero-order valence-corrected chi connectivity index (χ0v) is 12.5. The second-order valence-electron chi connectivity index (χ2n) is 6.85. The minimum atomic E-state index is 0.587. The average Bonchev–Trinajstić information content (AvgIpc) is 2.26. The van der Waals surface area contributed by atoms with E-state index in [4.69, 9.17) is 0 Å². The summed E-state index contributed by atoms with van der Waals surface area (Å²) in [5.41, 5.74) is 0.587. The van der Waals surface area contributed by atoms with Crippen molar-refractivity contribution in [3.8, 4) is 0 Å². The molecule has 106 valence electrons. The van der Waals surface area contributed by atoms with Crippen molar-refractivity contribution in [2.45, 2.75) is 32.1 Å². The van der Waals surface area contributed by atoms with Crippen LogP contribution in [0.1, 0.15) is 32.1 Å². The molecule has 1 saturated carbocycles. The molecular weight excluding hydrogens is 222 g/mol. The van der Waals surface area contributed by atoms with Gasteiger partial charge in [-0.1, -0.05) is 6.42 Å². The Morgan fingerprint density at radius 1 is 1.33 bits per heavy atom. The van der Waals surface area contributed by atoms with Crippen molar-refractivity contribution >= 4 is 0 Å². The first-order valence-corrected chi connectivity index (χ1v) is 7.65. The molecule has 1 N–H and O–H groups in total. The van der Waals surface area contributed by atoms with E-state index in [0.29, 0.717) is 5.41 Å². The predicted molar refractivity (Wildman–Crippen MR) is 77.9 cm³/mol. The van der Waals surface area contributed by atoms with Crippen LogP contribution in [-0.4, -0.2) is 63.7 Å². The van der Waals surface area contributed by atoms with Crippen LogP contribution in [0.2, 0.25) is 0 Å². The number of likely N-dealkylation sites (tertiary alicyclic amines) is 1. The lowest BCUT2D eigenvalue weighted by molar-refractivity contribution is 0.0644. The van der Waals surface area contributed by atoms with Crippen LogP contribution in [0, 0.1) is 11.3 Å². The standard InChI is InChI=1S/C15H31N3/c1-16-12-15(7-5-8-15)13-18(3)11-14-6-4-9-17(2)10-14/h14,16H,4-13H2,1-3H3. The van der Waals surface area contributed by atoms with Gasteiger partial charge in [0, 0.05) is 26.2 Å². The molecule has 1 aliphatic heterocycles. The maximum Gasteiger partial charge on any atom is 0.00472 e. The van der Waals surface area contributed by atoms with Gasteiger partial charge in [-0.05, 0) is 64.7 Å². The van der Waals surface area contributed by atoms with Crippen molar-refractivity contribution in [1.82, 2.24) is 15.1 Å². The molecule has 3 nitrogen and oxygen atoms in total. The van der Waals surface area contributed by atoms with Crippen LogP contribution in [0.5, 0.6) is 0 Å². The molecule has 0 bridgehead atoms. The van der Waals surface area contributed by atoms with Crippen molar-refractivity contribution < 1.29 is 0 Å². The van der Waals surface area contributed by atoms with Gasteiger partial charge in [-0.25, -0.2) is 0 Å². The van der Waals surface area contributed by atoms with E-state index in [9.17, 15) is 0 Å². The number of piperidine rings is 1. The van der Waals surface area contributed by atoms with Gasteiger partial charge in [-0.2, -0.15) is 0 Å². The number of hydrogen-bond acceptors (Lipinski definition) is 3. The lowest BCUT2D eigenvalue weighted by Crippen LogP contribution is -2.48. The highest BCUT2D eigenvalue weighted by atomic mass is 15.1. The first-order valence-electron chi connectivity index (χ1n) is 7.65. The smallest absolute Gasteiger partial charge is 0.00472 e. The third-order valence-electron chi connectivity index (χ3n) is 4.86. The molecule has 2 rings (SSSR count). The van der Waals surface area contributed by atoms with Crippen LogP contribution in [-0.2, 0) is 0 Å². The van der Waals surface area contributed by atoms with E-state index in [1.807, 2.05) is 0 Å². The Balaban J connectivity index is 1.75. The zero-order valence-electron chi connectivity index (χ0n) is 12.5. The zero-order chi connectivity index (χ0) is 13.0. The van der Waals surface area contributed by atoms with Gasteiger partial charge in [-0.15, -0.1) is 0 Å². The Morgan fingerprint density at radius 2 is 2.11 bits per heavy atom. The van der Waals surface area contributed by atoms with Crippen molar-refractivity contribution in [3.05, 3.63) is 0 Å². The van der Waals surface area contributed by atoms with Gasteiger partial charge < -0.3 is 15.1 Å². The summed E-state index contributed by atoms with van der Waals surface area (Å²) >= 11 is 0. The summed E-state index contributed by atoms with van der Waals surface area (Å²) in [7, 11) is 6.68. The average molecular weight is 253 g/mol. The van der Waals surface area contributed by atoms with Crippen LogP contribution in [0.4, 0.5) is 0 Å². The van der Waals surface area contributed by atoms with Crippen LogP contribution in [0.3, 0.4) is 0 Å². The van der Waals surface area contributed by atoms with Gasteiger partial charge in [0.2, 0.25) is 0 Å². The van der Waals surface area contributed by atoms with Crippen molar-refractivity contribution in [1.29, 1.82) is 0 Å². The summed E-state index contributed by atoms with van der Waals surface area (Å²) in [6.07, 6.45) is 7.08. The fourth-order valence-corrected chi connectivity index (χ4v) is 3.94. The normalized spacial score (nSPS) is 28.3. The summed E-state index contributed by atoms with van der Waals surface area (Å²) in [6, 6.07) is 0. The molecule has 0 aromatic heterocycles. The molecule has 0 aromatic carbocycles. The lowest BCUT2D eigenvalue weighted by Gasteiger charge is -2.45. The Bertz CT molecular complexity index is 250. The van der Waals surface area contributed by atoms with Crippen molar-refractivity contribution in [2.75, 3.05) is 53.9 Å². The van der Waals surface area contributed by atoms with E-state index in [-0.39, 0.29) is 0 Å². The quantitative estimate of drug-likeness (QED) is 0.776. The molecule has 1 heterocycles. The molecule has 1 saturated heterocycles. The van der Waals surface area contributed by atoms with Crippen LogP contribution in [0.25, 0.3) is 0 Å². The third-order valence-corrected chi connectivity index (χ3v) is 4.86. The molecule has 2 aliphatic rings. The number of hydrogen-bond donors (Lipinski definition) is 1. The molecule has 0 amide bonds. The summed E-state index contributed by atoms with van der Waals surface area (Å²) in [4.78, 5) is 5.09. The SMILES string of the molecule is CNCC1(CN(C)CC2CCCN(C)C2)CCC1. The van der Waals surface area contributed by atoms with E-state index in [0.717, 1.165) is 5.92 Å². The molecule has 0 spiro atoms. The van der Waals surface area contributed by atoms with Gasteiger partial charge >= 0.3 is 0 Å². The topological polar surface area (TPSA) is 18.5 Å². The van der Waals surface area contributed by atoms with Gasteiger partial charge in [-0.3, -0.25) is 0 Å². The van der Waals surface area contributed by atoms with Gasteiger partial charge in [0.15, 0.2) is 0 Å². The van der Waals surface area contributed by atoms with Crippen LogP contribution >= 0.6 is 0 Å². The molecule has 1 unspecified atom stereocenters. The monoisotopic (exact) mass is 253 g/mol. The molecule has 3 heteroatoms. The molecular formula is C15H31N3. The lowest BCUT2D eigenvalue weighted by atomic mass is 9.68. The summed E-state index contributed by atoms with van der Waals surface area (Å²) in [6.45, 7) is 6.36. The van der Waals surface area contributed by atoms with E-state index < -0.39 is 0 Å². The molecule has 18 heavy (non-hydrogen) atoms. The minimum Gasteiger partial charge on any atom is -0.319 e. The Kier molecular flexibility index (Phi) is 5.05. The van der Waals surface area contributed by atoms with Gasteiger partial charge in [0.1, 0.15) is 0 Å².